The maximum Gasteiger partial charge on any atom is 0.0478 e. The summed E-state index contributed by atoms with van der Waals surface area (Å²) in [6.07, 6.45) is 4.93. The Balaban J connectivity index is 1.78. The van der Waals surface area contributed by atoms with Crippen LogP contribution in [0.2, 0.25) is 0 Å². The first-order valence-corrected chi connectivity index (χ1v) is 5.43. The molecule has 0 bridgehead atoms. The van der Waals surface area contributed by atoms with Crippen LogP contribution in [0.1, 0.15) is 25.7 Å². The Labute approximate surface area is 81.2 Å². The molecule has 0 atom stereocenters. The maximum atomic E-state index is 5.43. The van der Waals surface area contributed by atoms with Gasteiger partial charge in [0, 0.05) is 19.8 Å². The Morgan fingerprint density at radius 3 is 2.46 bits per heavy atom. The van der Waals surface area contributed by atoms with E-state index in [0.29, 0.717) is 0 Å². The standard InChI is InChI=1S/C10H22N2O/c11-5-3-9-13-10-4-8-12-6-1-2-7-12/h1-11H2. The molecule has 0 aromatic carbocycles. The number of likely N-dealkylation sites (tertiary alicyclic amines) is 1. The fraction of sp³-hybridized carbons (Fsp3) is 1.00. The van der Waals surface area contributed by atoms with Gasteiger partial charge in [-0.25, -0.2) is 0 Å². The number of rotatable bonds is 7. The van der Waals surface area contributed by atoms with Gasteiger partial charge in [-0.05, 0) is 45.3 Å². The molecular weight excluding hydrogens is 164 g/mol. The highest BCUT2D eigenvalue weighted by atomic mass is 16.5. The van der Waals surface area contributed by atoms with Gasteiger partial charge in [0.05, 0.1) is 0 Å². The molecule has 0 aromatic heterocycles. The summed E-state index contributed by atoms with van der Waals surface area (Å²) in [5, 5.41) is 0. The molecule has 2 N–H and O–H groups in total. The third-order valence-corrected chi connectivity index (χ3v) is 2.45. The fourth-order valence-corrected chi connectivity index (χ4v) is 1.68. The Bertz CT molecular complexity index is 113. The average Bonchev–Trinajstić information content (AvgIpc) is 2.63. The summed E-state index contributed by atoms with van der Waals surface area (Å²) in [7, 11) is 0. The molecular formula is C10H22N2O. The van der Waals surface area contributed by atoms with Crippen molar-refractivity contribution < 1.29 is 4.74 Å². The minimum absolute atomic E-state index is 0.742. The quantitative estimate of drug-likeness (QED) is 0.599. The van der Waals surface area contributed by atoms with Crippen molar-refractivity contribution in [3.63, 3.8) is 0 Å². The number of nitrogens with two attached hydrogens (primary N) is 1. The van der Waals surface area contributed by atoms with Gasteiger partial charge in [0.1, 0.15) is 0 Å². The Morgan fingerprint density at radius 2 is 1.77 bits per heavy atom. The molecule has 1 aliphatic rings. The second-order valence-electron chi connectivity index (χ2n) is 3.66. The molecule has 0 radical (unpaired) electrons. The highest BCUT2D eigenvalue weighted by Crippen LogP contribution is 2.07. The summed E-state index contributed by atoms with van der Waals surface area (Å²) < 4.78 is 5.43. The predicted molar refractivity (Wildman–Crippen MR) is 54.8 cm³/mol. The van der Waals surface area contributed by atoms with E-state index in [0.717, 1.165) is 26.2 Å². The molecule has 0 aromatic rings. The minimum Gasteiger partial charge on any atom is -0.381 e. The largest absolute Gasteiger partial charge is 0.381 e. The van der Waals surface area contributed by atoms with Gasteiger partial charge >= 0.3 is 0 Å². The van der Waals surface area contributed by atoms with Crippen molar-refractivity contribution in [3.05, 3.63) is 0 Å². The second kappa shape index (κ2) is 7.30. The predicted octanol–water partition coefficient (Wildman–Crippen LogP) is 0.838. The first-order valence-electron chi connectivity index (χ1n) is 5.43. The molecule has 0 aliphatic carbocycles. The fourth-order valence-electron chi connectivity index (χ4n) is 1.68. The van der Waals surface area contributed by atoms with Crippen LogP contribution in [0.3, 0.4) is 0 Å². The highest BCUT2D eigenvalue weighted by molar-refractivity contribution is 4.65. The Kier molecular flexibility index (Phi) is 6.15. The van der Waals surface area contributed by atoms with Crippen LogP contribution in [-0.2, 0) is 4.74 Å². The zero-order chi connectivity index (χ0) is 9.36. The van der Waals surface area contributed by atoms with Gasteiger partial charge in [-0.3, -0.25) is 0 Å². The van der Waals surface area contributed by atoms with Crippen LogP contribution < -0.4 is 5.73 Å². The third-order valence-electron chi connectivity index (χ3n) is 2.45. The SMILES string of the molecule is NCCCOCCCN1CCCC1. The second-order valence-corrected chi connectivity index (χ2v) is 3.66. The van der Waals surface area contributed by atoms with Crippen molar-refractivity contribution in [2.45, 2.75) is 25.7 Å². The van der Waals surface area contributed by atoms with Gasteiger partial charge in [0.2, 0.25) is 0 Å². The number of hydrogen-bond donors (Lipinski definition) is 1. The molecule has 0 unspecified atom stereocenters. The molecule has 1 aliphatic heterocycles. The lowest BCUT2D eigenvalue weighted by Crippen LogP contribution is -2.21. The van der Waals surface area contributed by atoms with Crippen molar-refractivity contribution >= 4 is 0 Å². The summed E-state index contributed by atoms with van der Waals surface area (Å²) in [5.41, 5.74) is 5.35. The lowest BCUT2D eigenvalue weighted by Gasteiger charge is -2.13. The van der Waals surface area contributed by atoms with Crippen molar-refractivity contribution in [2.24, 2.45) is 5.73 Å². The molecule has 1 fully saturated rings. The molecule has 13 heavy (non-hydrogen) atoms. The van der Waals surface area contributed by atoms with Crippen LogP contribution in [0.4, 0.5) is 0 Å². The van der Waals surface area contributed by atoms with Crippen LogP contribution in [-0.4, -0.2) is 44.3 Å². The van der Waals surface area contributed by atoms with Gasteiger partial charge in [-0.15, -0.1) is 0 Å². The van der Waals surface area contributed by atoms with Gasteiger partial charge in [-0.1, -0.05) is 0 Å². The van der Waals surface area contributed by atoms with Crippen molar-refractivity contribution in [2.75, 3.05) is 39.4 Å². The van der Waals surface area contributed by atoms with E-state index in [1.165, 1.54) is 38.9 Å². The van der Waals surface area contributed by atoms with E-state index in [-0.39, 0.29) is 0 Å². The number of ether oxygens (including phenoxy) is 1. The lowest BCUT2D eigenvalue weighted by molar-refractivity contribution is 0.122. The topological polar surface area (TPSA) is 38.5 Å². The maximum absolute atomic E-state index is 5.43. The van der Waals surface area contributed by atoms with E-state index in [9.17, 15) is 0 Å². The third kappa shape index (κ3) is 5.24. The van der Waals surface area contributed by atoms with Gasteiger partial charge in [0.15, 0.2) is 0 Å². The zero-order valence-corrected chi connectivity index (χ0v) is 8.50. The van der Waals surface area contributed by atoms with E-state index >= 15 is 0 Å². The highest BCUT2D eigenvalue weighted by Gasteiger charge is 2.09. The van der Waals surface area contributed by atoms with Crippen LogP contribution in [0.15, 0.2) is 0 Å². The Morgan fingerprint density at radius 1 is 1.08 bits per heavy atom. The van der Waals surface area contributed by atoms with E-state index in [2.05, 4.69) is 4.90 Å². The van der Waals surface area contributed by atoms with Gasteiger partial charge in [-0.2, -0.15) is 0 Å². The molecule has 0 amide bonds. The zero-order valence-electron chi connectivity index (χ0n) is 8.50. The summed E-state index contributed by atoms with van der Waals surface area (Å²) in [4.78, 5) is 2.52. The number of hydrogen-bond acceptors (Lipinski definition) is 3. The van der Waals surface area contributed by atoms with E-state index in [4.69, 9.17) is 10.5 Å². The van der Waals surface area contributed by atoms with E-state index in [1.807, 2.05) is 0 Å². The first-order chi connectivity index (χ1) is 6.43. The lowest BCUT2D eigenvalue weighted by atomic mass is 10.4. The summed E-state index contributed by atoms with van der Waals surface area (Å²) in [6, 6.07) is 0. The molecule has 1 heterocycles. The first kappa shape index (κ1) is 11.0. The molecule has 1 saturated heterocycles. The van der Waals surface area contributed by atoms with Crippen molar-refractivity contribution in [3.8, 4) is 0 Å². The monoisotopic (exact) mass is 186 g/mol. The van der Waals surface area contributed by atoms with Crippen LogP contribution in [0, 0.1) is 0 Å². The molecule has 3 nitrogen and oxygen atoms in total. The van der Waals surface area contributed by atoms with Crippen molar-refractivity contribution in [1.29, 1.82) is 0 Å². The van der Waals surface area contributed by atoms with Crippen molar-refractivity contribution in [1.82, 2.24) is 4.90 Å². The molecule has 0 saturated carbocycles. The summed E-state index contributed by atoms with van der Waals surface area (Å²) >= 11 is 0. The van der Waals surface area contributed by atoms with Crippen LogP contribution in [0.5, 0.6) is 0 Å². The Hall–Kier alpha value is -0.120. The minimum atomic E-state index is 0.742. The summed E-state index contributed by atoms with van der Waals surface area (Å²) in [6.45, 7) is 6.27. The number of nitrogens with zero attached hydrogens (tertiary/aromatic N) is 1. The van der Waals surface area contributed by atoms with E-state index in [1.54, 1.807) is 0 Å². The van der Waals surface area contributed by atoms with Crippen LogP contribution >= 0.6 is 0 Å². The van der Waals surface area contributed by atoms with Gasteiger partial charge in [0.25, 0.3) is 0 Å². The molecule has 3 heteroatoms. The van der Waals surface area contributed by atoms with Crippen LogP contribution in [0.25, 0.3) is 0 Å². The van der Waals surface area contributed by atoms with E-state index < -0.39 is 0 Å². The molecule has 78 valence electrons. The normalized spacial score (nSPS) is 18.2. The average molecular weight is 186 g/mol. The molecule has 0 spiro atoms. The smallest absolute Gasteiger partial charge is 0.0478 e. The summed E-state index contributed by atoms with van der Waals surface area (Å²) in [5.74, 6) is 0. The van der Waals surface area contributed by atoms with Gasteiger partial charge < -0.3 is 15.4 Å². The molecule has 1 rings (SSSR count).